The molecule has 0 radical (unpaired) electrons. The molecular weight excluding hydrogens is 332 g/mol. The molecule has 2 rings (SSSR count). The predicted octanol–water partition coefficient (Wildman–Crippen LogP) is 5.02. The molecule has 0 saturated heterocycles. The summed E-state index contributed by atoms with van der Waals surface area (Å²) in [5, 5.41) is 0.0115. The molecule has 138 valence electrons. The summed E-state index contributed by atoms with van der Waals surface area (Å²) in [4.78, 5) is 12.4. The van der Waals surface area contributed by atoms with E-state index in [1.54, 1.807) is 7.11 Å². The Morgan fingerprint density at radius 3 is 2.44 bits per heavy atom. The van der Waals surface area contributed by atoms with Gasteiger partial charge in [0.25, 0.3) is 14.3 Å². The number of benzene rings is 1. The molecule has 0 aromatic heterocycles. The maximum Gasteiger partial charge on any atom is 0.295 e. The molecule has 25 heavy (non-hydrogen) atoms. The lowest BCUT2D eigenvalue weighted by Gasteiger charge is -2.36. The highest BCUT2D eigenvalue weighted by Crippen LogP contribution is 2.37. The van der Waals surface area contributed by atoms with Crippen molar-refractivity contribution in [2.45, 2.75) is 64.0 Å². The Kier molecular flexibility index (Phi) is 6.11. The number of methoxy groups -OCH3 is 1. The van der Waals surface area contributed by atoms with Gasteiger partial charge in [-0.05, 0) is 42.2 Å². The third kappa shape index (κ3) is 5.19. The van der Waals surface area contributed by atoms with Crippen LogP contribution in [0.1, 0.15) is 45.3 Å². The van der Waals surface area contributed by atoms with Gasteiger partial charge < -0.3 is 13.9 Å². The lowest BCUT2D eigenvalue weighted by molar-refractivity contribution is -0.139. The number of hydrogen-bond acceptors (Lipinski definition) is 4. The van der Waals surface area contributed by atoms with E-state index in [-0.39, 0.29) is 29.6 Å². The predicted molar refractivity (Wildman–Crippen MR) is 102 cm³/mol. The van der Waals surface area contributed by atoms with Gasteiger partial charge in [0.2, 0.25) is 0 Å². The Morgan fingerprint density at radius 2 is 1.88 bits per heavy atom. The minimum atomic E-state index is -2.09. The van der Waals surface area contributed by atoms with Gasteiger partial charge in [-0.2, -0.15) is 0 Å². The Balaban J connectivity index is 1.96. The van der Waals surface area contributed by atoms with E-state index in [1.807, 2.05) is 30.3 Å². The van der Waals surface area contributed by atoms with Crippen molar-refractivity contribution in [1.82, 2.24) is 0 Å². The van der Waals surface area contributed by atoms with Crippen LogP contribution < -0.4 is 4.74 Å². The van der Waals surface area contributed by atoms with Crippen molar-refractivity contribution in [1.29, 1.82) is 0 Å². The molecule has 0 spiro atoms. The number of carbonyl (C=O) groups excluding carboxylic acids is 1. The zero-order valence-electron chi connectivity index (χ0n) is 16.2. The molecule has 0 amide bonds. The molecule has 1 aromatic rings. The van der Waals surface area contributed by atoms with Gasteiger partial charge in [0.15, 0.2) is 0 Å². The van der Waals surface area contributed by atoms with Gasteiger partial charge in [0.05, 0.1) is 25.7 Å². The van der Waals surface area contributed by atoms with Gasteiger partial charge in [-0.15, -0.1) is 0 Å². The Hall–Kier alpha value is -1.59. The minimum absolute atomic E-state index is 0.0115. The van der Waals surface area contributed by atoms with E-state index in [1.165, 1.54) is 0 Å². The van der Waals surface area contributed by atoms with Crippen molar-refractivity contribution in [3.63, 3.8) is 0 Å². The second-order valence-corrected chi connectivity index (χ2v) is 12.8. The van der Waals surface area contributed by atoms with Crippen LogP contribution in [-0.4, -0.2) is 27.5 Å². The molecule has 0 bridgehead atoms. The van der Waals surface area contributed by atoms with Crippen LogP contribution in [-0.2, 0) is 14.0 Å². The molecule has 0 fully saturated rings. The summed E-state index contributed by atoms with van der Waals surface area (Å²) in [7, 11) is -0.435. The van der Waals surface area contributed by atoms with Gasteiger partial charge in [0, 0.05) is 0 Å². The Labute approximate surface area is 152 Å². The van der Waals surface area contributed by atoms with Crippen LogP contribution >= 0.6 is 0 Å². The summed E-state index contributed by atoms with van der Waals surface area (Å²) in [6.45, 7) is 10.6. The molecular formula is C20H30O4Si. The maximum atomic E-state index is 12.4. The molecule has 1 aliphatic rings. The van der Waals surface area contributed by atoms with Crippen LogP contribution in [0.3, 0.4) is 0 Å². The third-order valence-corrected chi connectivity index (χ3v) is 9.42. The maximum absolute atomic E-state index is 12.4. The molecule has 0 saturated carbocycles. The minimum Gasteiger partial charge on any atom is -0.519 e. The van der Waals surface area contributed by atoms with E-state index in [0.29, 0.717) is 0 Å². The summed E-state index contributed by atoms with van der Waals surface area (Å²) in [6, 6.07) is 7.87. The van der Waals surface area contributed by atoms with Gasteiger partial charge in [-0.1, -0.05) is 45.1 Å². The molecule has 0 aliphatic carbocycles. The number of hydrogen-bond donors (Lipinski definition) is 0. The molecule has 4 nitrogen and oxygen atoms in total. The largest absolute Gasteiger partial charge is 0.519 e. The second-order valence-electron chi connectivity index (χ2n) is 8.04. The van der Waals surface area contributed by atoms with Crippen molar-refractivity contribution >= 4 is 14.3 Å². The normalized spacial score (nSPS) is 21.0. The Bertz CT molecular complexity index is 614. The highest BCUT2D eigenvalue weighted by molar-refractivity contribution is 6.75. The number of rotatable bonds is 5. The lowest BCUT2D eigenvalue weighted by atomic mass is 10.0. The lowest BCUT2D eigenvalue weighted by Crippen LogP contribution is -2.43. The van der Waals surface area contributed by atoms with Crippen LogP contribution in [0.25, 0.3) is 0 Å². The van der Waals surface area contributed by atoms with Crippen LogP contribution in [0, 0.1) is 0 Å². The quantitative estimate of drug-likeness (QED) is 0.545. The zero-order chi connectivity index (χ0) is 18.7. The topological polar surface area (TPSA) is 44.8 Å². The van der Waals surface area contributed by atoms with Crippen LogP contribution in [0.5, 0.6) is 5.75 Å². The van der Waals surface area contributed by atoms with Gasteiger partial charge in [-0.25, -0.2) is 0 Å². The fraction of sp³-hybridized carbons (Fsp3) is 0.550. The average Bonchev–Trinajstić information content (AvgIpc) is 2.53. The van der Waals surface area contributed by atoms with Gasteiger partial charge in [-0.3, -0.25) is 4.79 Å². The van der Waals surface area contributed by atoms with E-state index >= 15 is 0 Å². The second kappa shape index (κ2) is 7.75. The first-order chi connectivity index (χ1) is 11.6. The van der Waals surface area contributed by atoms with Crippen molar-refractivity contribution < 1.29 is 18.7 Å². The van der Waals surface area contributed by atoms with E-state index in [9.17, 15) is 4.79 Å². The molecule has 0 N–H and O–H groups in total. The standard InChI is InChI=1S/C20H30O4Si/c1-20(2,3)25(5,6)24-19(21)14-17-8-7-9-18(23-17)15-10-12-16(22-4)13-11-15/h7-8,10-13,17-18H,9,14H2,1-6H3/t17-,18+/m1/s1. The number of carbonyl (C=O) groups is 1. The zero-order valence-corrected chi connectivity index (χ0v) is 17.2. The fourth-order valence-electron chi connectivity index (χ4n) is 2.46. The monoisotopic (exact) mass is 362 g/mol. The van der Waals surface area contributed by atoms with Crippen LogP contribution in [0.2, 0.25) is 18.1 Å². The van der Waals surface area contributed by atoms with Gasteiger partial charge in [0.1, 0.15) is 5.75 Å². The third-order valence-electron chi connectivity index (χ3n) is 5.07. The highest BCUT2D eigenvalue weighted by atomic mass is 28.4. The van der Waals surface area contributed by atoms with Gasteiger partial charge >= 0.3 is 0 Å². The summed E-state index contributed by atoms with van der Waals surface area (Å²) in [6.07, 6.45) is 4.84. The fourth-order valence-corrected chi connectivity index (χ4v) is 3.42. The molecule has 1 aromatic carbocycles. The van der Waals surface area contributed by atoms with Crippen LogP contribution in [0.15, 0.2) is 36.4 Å². The summed E-state index contributed by atoms with van der Waals surface area (Å²) >= 11 is 0. The van der Waals surface area contributed by atoms with Crippen LogP contribution in [0.4, 0.5) is 0 Å². The first kappa shape index (κ1) is 19.7. The first-order valence-corrected chi connectivity index (χ1v) is 11.7. The molecule has 0 unspecified atom stereocenters. The number of ether oxygens (including phenoxy) is 2. The highest BCUT2D eigenvalue weighted by Gasteiger charge is 2.40. The van der Waals surface area contributed by atoms with E-state index in [4.69, 9.17) is 13.9 Å². The van der Waals surface area contributed by atoms with E-state index in [0.717, 1.165) is 17.7 Å². The molecule has 1 heterocycles. The van der Waals surface area contributed by atoms with E-state index in [2.05, 4.69) is 39.9 Å². The van der Waals surface area contributed by atoms with Crippen molar-refractivity contribution in [2.75, 3.05) is 7.11 Å². The summed E-state index contributed by atoms with van der Waals surface area (Å²) < 4.78 is 17.1. The van der Waals surface area contributed by atoms with Crippen molar-refractivity contribution in [3.05, 3.63) is 42.0 Å². The van der Waals surface area contributed by atoms with Crippen molar-refractivity contribution in [3.8, 4) is 5.75 Å². The summed E-state index contributed by atoms with van der Waals surface area (Å²) in [5.74, 6) is 0.654. The molecule has 1 aliphatic heterocycles. The molecule has 2 atom stereocenters. The van der Waals surface area contributed by atoms with Crippen molar-refractivity contribution in [2.24, 2.45) is 0 Å². The Morgan fingerprint density at radius 1 is 1.24 bits per heavy atom. The smallest absolute Gasteiger partial charge is 0.295 e. The average molecular weight is 363 g/mol. The molecule has 5 heteroatoms. The summed E-state index contributed by atoms with van der Waals surface area (Å²) in [5.41, 5.74) is 1.09. The SMILES string of the molecule is COc1ccc([C@@H]2CC=C[C@H](CC(=O)O[Si](C)(C)C(C)(C)C)O2)cc1. The van der Waals surface area contributed by atoms with E-state index < -0.39 is 8.32 Å². The first-order valence-electron chi connectivity index (χ1n) is 8.80.